The van der Waals surface area contributed by atoms with Crippen LogP contribution >= 0.6 is 0 Å². The third-order valence-corrected chi connectivity index (χ3v) is 11.5. The standard InChI is InChI=1S/C25H27N3O4.C24H25N3O4/c1-16-7-8-20(19-6-4-3-5-18(16)19)24(29)27-21-9-10-22(31-2)28-23(21)25(30)26-15-17-11-13-32-14-12-17;1-15-6-7-19(18-5-3-2-4-17(15)18)23(29)26-20-8-9-21(28)27-22(20)24(30)25-14-16-10-12-31-13-11-16/h3-10,17H,11-15H2,1-2H3,(H,26,30)(H,27,29);2-9,16H,10-14H2,1H3,(H,25,30)(H,26,29)(H,27,28). The van der Waals surface area contributed by atoms with Crippen molar-refractivity contribution < 1.29 is 33.4 Å². The maximum Gasteiger partial charge on any atom is 0.272 e. The number of H-pyrrole nitrogens is 1. The Morgan fingerprint density at radius 1 is 0.603 bits per heavy atom. The van der Waals surface area contributed by atoms with E-state index in [2.05, 4.69) is 31.2 Å². The van der Waals surface area contributed by atoms with Crippen LogP contribution < -0.4 is 31.6 Å². The van der Waals surface area contributed by atoms with E-state index in [0.717, 1.165) is 58.4 Å². The summed E-state index contributed by atoms with van der Waals surface area (Å²) in [6.07, 6.45) is 3.59. The summed E-state index contributed by atoms with van der Waals surface area (Å²) in [4.78, 5) is 70.6. The average molecular weight is 853 g/mol. The smallest absolute Gasteiger partial charge is 0.272 e. The van der Waals surface area contributed by atoms with E-state index in [-0.39, 0.29) is 34.8 Å². The van der Waals surface area contributed by atoms with Gasteiger partial charge in [0, 0.05) is 62.8 Å². The molecule has 2 aromatic heterocycles. The second kappa shape index (κ2) is 20.8. The van der Waals surface area contributed by atoms with Crippen LogP contribution in [0.5, 0.6) is 5.88 Å². The van der Waals surface area contributed by atoms with E-state index in [9.17, 15) is 24.0 Å². The van der Waals surface area contributed by atoms with Crippen LogP contribution in [-0.2, 0) is 9.47 Å². The number of benzene rings is 4. The molecule has 4 amide bonds. The van der Waals surface area contributed by atoms with Crippen LogP contribution in [0.25, 0.3) is 21.5 Å². The largest absolute Gasteiger partial charge is 0.481 e. The molecule has 63 heavy (non-hydrogen) atoms. The number of carbonyl (C=O) groups is 4. The Morgan fingerprint density at radius 2 is 1.08 bits per heavy atom. The van der Waals surface area contributed by atoms with Gasteiger partial charge >= 0.3 is 0 Å². The first-order valence-electron chi connectivity index (χ1n) is 21.2. The molecule has 2 fully saturated rings. The number of aryl methyl sites for hydroxylation is 2. The highest BCUT2D eigenvalue weighted by Crippen LogP contribution is 2.26. The van der Waals surface area contributed by atoms with Gasteiger partial charge in [0.25, 0.3) is 23.6 Å². The van der Waals surface area contributed by atoms with Gasteiger partial charge in [-0.3, -0.25) is 24.0 Å². The van der Waals surface area contributed by atoms with Gasteiger partial charge in [0.1, 0.15) is 5.69 Å². The number of carbonyl (C=O) groups excluding carboxylic acids is 4. The lowest BCUT2D eigenvalue weighted by Gasteiger charge is -2.22. The summed E-state index contributed by atoms with van der Waals surface area (Å²) in [5, 5.41) is 15.2. The fraction of sp³-hybridized carbons (Fsp3) is 0.306. The van der Waals surface area contributed by atoms with E-state index in [1.807, 2.05) is 74.5 Å². The maximum absolute atomic E-state index is 13.2. The molecular weight excluding hydrogens is 801 g/mol. The van der Waals surface area contributed by atoms with Gasteiger partial charge in [0.15, 0.2) is 5.69 Å². The van der Waals surface area contributed by atoms with E-state index in [1.54, 1.807) is 24.3 Å². The lowest BCUT2D eigenvalue weighted by atomic mass is 10.00. The summed E-state index contributed by atoms with van der Waals surface area (Å²) in [6, 6.07) is 28.8. The Hall–Kier alpha value is -6.90. The number of ether oxygens (including phenoxy) is 3. The first kappa shape index (κ1) is 44.2. The topological polar surface area (TPSA) is 190 Å². The lowest BCUT2D eigenvalue weighted by molar-refractivity contribution is 0.0642. The molecule has 0 radical (unpaired) electrons. The summed E-state index contributed by atoms with van der Waals surface area (Å²) in [5.74, 6) is -0.401. The molecule has 0 spiro atoms. The molecule has 5 N–H and O–H groups in total. The molecular formula is C49H52N6O8. The van der Waals surface area contributed by atoms with Gasteiger partial charge in [-0.05, 0) is 108 Å². The third kappa shape index (κ3) is 11.0. The highest BCUT2D eigenvalue weighted by molar-refractivity contribution is 6.16. The van der Waals surface area contributed by atoms with E-state index in [0.29, 0.717) is 74.0 Å². The summed E-state index contributed by atoms with van der Waals surface area (Å²) in [7, 11) is 1.49. The number of methoxy groups -OCH3 is 1. The highest BCUT2D eigenvalue weighted by atomic mass is 16.5. The fourth-order valence-corrected chi connectivity index (χ4v) is 7.81. The van der Waals surface area contributed by atoms with Gasteiger partial charge in [-0.1, -0.05) is 60.7 Å². The number of aromatic amines is 1. The maximum atomic E-state index is 13.2. The van der Waals surface area contributed by atoms with Crippen molar-refractivity contribution in [3.63, 3.8) is 0 Å². The van der Waals surface area contributed by atoms with Crippen molar-refractivity contribution in [1.29, 1.82) is 0 Å². The highest BCUT2D eigenvalue weighted by Gasteiger charge is 2.22. The fourth-order valence-electron chi connectivity index (χ4n) is 7.81. The van der Waals surface area contributed by atoms with Crippen molar-refractivity contribution in [3.05, 3.63) is 141 Å². The van der Waals surface area contributed by atoms with Crippen molar-refractivity contribution in [2.24, 2.45) is 11.8 Å². The molecule has 4 aromatic carbocycles. The summed E-state index contributed by atoms with van der Waals surface area (Å²) in [5.41, 5.74) is 3.57. The molecule has 0 bridgehead atoms. The molecule has 0 saturated carbocycles. The molecule has 0 atom stereocenters. The Kier molecular flexibility index (Phi) is 14.6. The number of amides is 4. The molecule has 326 valence electrons. The molecule has 0 unspecified atom stereocenters. The first-order valence-corrected chi connectivity index (χ1v) is 21.2. The van der Waals surface area contributed by atoms with Crippen LogP contribution in [-0.4, -0.2) is 80.2 Å². The van der Waals surface area contributed by atoms with Crippen LogP contribution in [0.3, 0.4) is 0 Å². The minimum Gasteiger partial charge on any atom is -0.481 e. The zero-order chi connectivity index (χ0) is 44.3. The molecule has 6 aromatic rings. The normalized spacial score (nSPS) is 14.3. The quantitative estimate of drug-likeness (QED) is 0.0897. The second-order valence-corrected chi connectivity index (χ2v) is 15.8. The molecule has 14 nitrogen and oxygen atoms in total. The number of hydrogen-bond acceptors (Lipinski definition) is 9. The number of rotatable bonds is 11. The zero-order valence-corrected chi connectivity index (χ0v) is 35.7. The molecule has 8 rings (SSSR count). The third-order valence-electron chi connectivity index (χ3n) is 11.5. The number of hydrogen-bond donors (Lipinski definition) is 5. The molecule has 2 saturated heterocycles. The Bertz CT molecular complexity index is 2690. The monoisotopic (exact) mass is 852 g/mol. The van der Waals surface area contributed by atoms with Crippen LogP contribution in [0.4, 0.5) is 11.4 Å². The lowest BCUT2D eigenvalue weighted by Crippen LogP contribution is -2.34. The molecule has 2 aliphatic heterocycles. The van der Waals surface area contributed by atoms with Crippen LogP contribution in [0, 0.1) is 25.7 Å². The number of nitrogens with one attached hydrogen (secondary N) is 5. The Balaban J connectivity index is 0.000000189. The van der Waals surface area contributed by atoms with Crippen molar-refractivity contribution in [2.45, 2.75) is 39.5 Å². The van der Waals surface area contributed by atoms with E-state index in [4.69, 9.17) is 14.2 Å². The molecule has 2 aliphatic rings. The van der Waals surface area contributed by atoms with Gasteiger partial charge in [0.05, 0.1) is 18.5 Å². The van der Waals surface area contributed by atoms with E-state index >= 15 is 0 Å². The minimum absolute atomic E-state index is 0.0457. The summed E-state index contributed by atoms with van der Waals surface area (Å²) >= 11 is 0. The number of anilines is 2. The van der Waals surface area contributed by atoms with Crippen molar-refractivity contribution in [3.8, 4) is 5.88 Å². The summed E-state index contributed by atoms with van der Waals surface area (Å²) < 4.78 is 15.9. The number of fused-ring (bicyclic) bond motifs is 2. The van der Waals surface area contributed by atoms with E-state index in [1.165, 1.54) is 19.2 Å². The number of aromatic nitrogens is 2. The Labute approximate surface area is 365 Å². The molecule has 4 heterocycles. The van der Waals surface area contributed by atoms with Gasteiger partial charge in [0.2, 0.25) is 11.4 Å². The van der Waals surface area contributed by atoms with Crippen LogP contribution in [0.1, 0.15) is 78.5 Å². The van der Waals surface area contributed by atoms with Crippen molar-refractivity contribution >= 4 is 56.5 Å². The average Bonchev–Trinajstić information content (AvgIpc) is 3.32. The Morgan fingerprint density at radius 3 is 1.60 bits per heavy atom. The predicted molar refractivity (Wildman–Crippen MR) is 243 cm³/mol. The van der Waals surface area contributed by atoms with Crippen LogP contribution in [0.2, 0.25) is 0 Å². The van der Waals surface area contributed by atoms with Gasteiger partial charge in [-0.15, -0.1) is 0 Å². The SMILES string of the molecule is COc1ccc(NC(=O)c2ccc(C)c3ccccc23)c(C(=O)NCC2CCOCC2)n1.Cc1ccc(C(=O)Nc2ccc(=O)[nH]c2C(=O)NCC2CCOCC2)c2ccccc12. The predicted octanol–water partition coefficient (Wildman–Crippen LogP) is 7.21. The van der Waals surface area contributed by atoms with Crippen molar-refractivity contribution in [2.75, 3.05) is 57.3 Å². The van der Waals surface area contributed by atoms with E-state index < -0.39 is 11.5 Å². The summed E-state index contributed by atoms with van der Waals surface area (Å²) in [6.45, 7) is 7.84. The van der Waals surface area contributed by atoms with Crippen molar-refractivity contribution in [1.82, 2.24) is 20.6 Å². The first-order chi connectivity index (χ1) is 30.6. The second-order valence-electron chi connectivity index (χ2n) is 15.8. The number of nitrogens with zero attached hydrogens (tertiary/aromatic N) is 1. The van der Waals surface area contributed by atoms with Gasteiger partial charge in [-0.25, -0.2) is 4.98 Å². The minimum atomic E-state index is -0.423. The van der Waals surface area contributed by atoms with Gasteiger partial charge in [-0.2, -0.15) is 0 Å². The van der Waals surface area contributed by atoms with Crippen LogP contribution in [0.15, 0.2) is 102 Å². The molecule has 14 heteroatoms. The zero-order valence-electron chi connectivity index (χ0n) is 35.7. The molecule has 0 aliphatic carbocycles. The number of pyridine rings is 2. The van der Waals surface area contributed by atoms with Gasteiger partial charge < -0.3 is 40.5 Å².